The van der Waals surface area contributed by atoms with Crippen LogP contribution in [0.3, 0.4) is 0 Å². The van der Waals surface area contributed by atoms with Crippen LogP contribution in [0.2, 0.25) is 0 Å². The van der Waals surface area contributed by atoms with Crippen molar-refractivity contribution in [3.63, 3.8) is 0 Å². The fourth-order valence-corrected chi connectivity index (χ4v) is 3.19. The second-order valence-corrected chi connectivity index (χ2v) is 7.00. The highest BCUT2D eigenvalue weighted by Gasteiger charge is 2.41. The lowest BCUT2D eigenvalue weighted by Gasteiger charge is -2.16. The number of nitrogens with one attached hydrogen (secondary N) is 2. The Bertz CT molecular complexity index is 993. The molecule has 7 nitrogen and oxygen atoms in total. The van der Waals surface area contributed by atoms with Gasteiger partial charge in [-0.05, 0) is 17.7 Å². The number of rotatable bonds is 6. The first-order valence-electron chi connectivity index (χ1n) is 8.48. The average molecular weight is 417 g/mol. The Kier molecular flexibility index (Phi) is 6.23. The summed E-state index contributed by atoms with van der Waals surface area (Å²) in [4.78, 5) is 23.9. The zero-order chi connectivity index (χ0) is 20.9. The number of carbonyl (C=O) groups is 2. The van der Waals surface area contributed by atoms with Crippen molar-refractivity contribution in [2.75, 3.05) is 0 Å². The molecule has 1 aromatic heterocycles. The van der Waals surface area contributed by atoms with Gasteiger partial charge in [0.25, 0.3) is 5.91 Å². The van der Waals surface area contributed by atoms with Crippen molar-refractivity contribution < 1.29 is 18.4 Å². The second-order valence-electron chi connectivity index (χ2n) is 6.06. The van der Waals surface area contributed by atoms with Crippen molar-refractivity contribution in [2.24, 2.45) is 7.05 Å². The first-order valence-corrected chi connectivity index (χ1v) is 9.46. The average Bonchev–Trinajstić information content (AvgIpc) is 3.16. The predicted octanol–water partition coefficient (Wildman–Crippen LogP) is 2.66. The quantitative estimate of drug-likeness (QED) is 0.476. The molecule has 0 atom stereocenters. The topological polar surface area (TPSA) is 88.9 Å². The number of benzene rings is 2. The van der Waals surface area contributed by atoms with Gasteiger partial charge in [-0.25, -0.2) is 0 Å². The molecule has 1 heterocycles. The molecule has 0 spiro atoms. The smallest absolute Gasteiger partial charge is 0.312 e. The number of nitrogens with zero attached hydrogens (tertiary/aromatic N) is 3. The van der Waals surface area contributed by atoms with Crippen molar-refractivity contribution in [3.05, 3.63) is 77.6 Å². The number of alkyl halides is 2. The third-order valence-electron chi connectivity index (χ3n) is 3.96. The van der Waals surface area contributed by atoms with Gasteiger partial charge in [0.2, 0.25) is 0 Å². The van der Waals surface area contributed by atoms with Crippen LogP contribution in [0.25, 0.3) is 0 Å². The minimum atomic E-state index is -3.77. The van der Waals surface area contributed by atoms with Crippen LogP contribution in [-0.2, 0) is 23.5 Å². The van der Waals surface area contributed by atoms with Gasteiger partial charge >= 0.3 is 11.8 Å². The predicted molar refractivity (Wildman–Crippen MR) is 103 cm³/mol. The molecule has 0 aliphatic heterocycles. The number of hydrogen-bond donors (Lipinski definition) is 2. The Morgan fingerprint density at radius 2 is 1.76 bits per heavy atom. The highest BCUT2D eigenvalue weighted by Crippen LogP contribution is 2.27. The van der Waals surface area contributed by atoms with Crippen molar-refractivity contribution in [1.29, 1.82) is 0 Å². The standard InChI is InChI=1S/C19H17F2N5O2S/c1-26-12-22-25-18(26)29-11-13-7-9-14(10-8-13)16(27)23-24-17(28)19(20,21)15-5-3-2-4-6-15/h2-10,12H,11H2,1H3,(H,23,27)(H,24,28). The molecule has 150 valence electrons. The lowest BCUT2D eigenvalue weighted by molar-refractivity contribution is -0.147. The van der Waals surface area contributed by atoms with Gasteiger partial charge < -0.3 is 4.57 Å². The number of thioether (sulfide) groups is 1. The number of hydrogen-bond acceptors (Lipinski definition) is 5. The molecule has 0 aliphatic rings. The summed E-state index contributed by atoms with van der Waals surface area (Å²) in [5.41, 5.74) is 4.48. The Hall–Kier alpha value is -3.27. The van der Waals surface area contributed by atoms with Crippen molar-refractivity contribution >= 4 is 23.6 Å². The Labute approximate surface area is 169 Å². The van der Waals surface area contributed by atoms with Crippen molar-refractivity contribution in [1.82, 2.24) is 25.6 Å². The van der Waals surface area contributed by atoms with Crippen LogP contribution < -0.4 is 10.9 Å². The van der Waals surface area contributed by atoms with Gasteiger partial charge in [-0.2, -0.15) is 8.78 Å². The zero-order valence-electron chi connectivity index (χ0n) is 15.3. The van der Waals surface area contributed by atoms with E-state index < -0.39 is 23.3 Å². The molecule has 2 aromatic carbocycles. The summed E-state index contributed by atoms with van der Waals surface area (Å²) in [6.07, 6.45) is 1.60. The van der Waals surface area contributed by atoms with E-state index in [4.69, 9.17) is 0 Å². The first-order chi connectivity index (χ1) is 13.9. The maximum atomic E-state index is 14.1. The maximum Gasteiger partial charge on any atom is 0.351 e. The van der Waals surface area contributed by atoms with E-state index >= 15 is 0 Å². The van der Waals surface area contributed by atoms with E-state index in [1.54, 1.807) is 46.7 Å². The molecule has 0 fully saturated rings. The normalized spacial score (nSPS) is 11.1. The third-order valence-corrected chi connectivity index (χ3v) is 5.07. The third kappa shape index (κ3) is 4.96. The molecule has 29 heavy (non-hydrogen) atoms. The van der Waals surface area contributed by atoms with E-state index in [1.807, 2.05) is 12.5 Å². The molecular formula is C19H17F2N5O2S. The highest BCUT2D eigenvalue weighted by molar-refractivity contribution is 7.98. The minimum absolute atomic E-state index is 0.223. The van der Waals surface area contributed by atoms with Crippen molar-refractivity contribution in [3.8, 4) is 0 Å². The van der Waals surface area contributed by atoms with Gasteiger partial charge in [0.05, 0.1) is 0 Å². The zero-order valence-corrected chi connectivity index (χ0v) is 16.1. The van der Waals surface area contributed by atoms with Crippen LogP contribution >= 0.6 is 11.8 Å². The Balaban J connectivity index is 1.54. The lowest BCUT2D eigenvalue weighted by Crippen LogP contribution is -2.48. The molecule has 0 aliphatic carbocycles. The summed E-state index contributed by atoms with van der Waals surface area (Å²) in [6, 6.07) is 13.2. The number of aryl methyl sites for hydroxylation is 1. The molecule has 0 saturated heterocycles. The summed E-state index contributed by atoms with van der Waals surface area (Å²) in [7, 11) is 1.84. The summed E-state index contributed by atoms with van der Waals surface area (Å²) in [5.74, 6) is -5.47. The van der Waals surface area contributed by atoms with Crippen LogP contribution in [0, 0.1) is 0 Å². The summed E-state index contributed by atoms with van der Waals surface area (Å²) in [6.45, 7) is 0. The first kappa shape index (κ1) is 20.5. The summed E-state index contributed by atoms with van der Waals surface area (Å²) in [5, 5.41) is 8.52. The van der Waals surface area contributed by atoms with Gasteiger partial charge in [0.15, 0.2) is 5.16 Å². The highest BCUT2D eigenvalue weighted by atomic mass is 32.2. The molecule has 0 radical (unpaired) electrons. The molecule has 2 amide bonds. The number of carbonyl (C=O) groups excluding carboxylic acids is 2. The number of amides is 2. The number of aromatic nitrogens is 3. The summed E-state index contributed by atoms with van der Waals surface area (Å²) < 4.78 is 30.0. The SMILES string of the molecule is Cn1cnnc1SCc1ccc(C(=O)NNC(=O)C(F)(F)c2ccccc2)cc1. The largest absolute Gasteiger partial charge is 0.351 e. The molecule has 0 saturated carbocycles. The van der Waals surface area contributed by atoms with Gasteiger partial charge in [0.1, 0.15) is 6.33 Å². The van der Waals surface area contributed by atoms with Gasteiger partial charge in [-0.15, -0.1) is 10.2 Å². The molecule has 0 unspecified atom stereocenters. The van der Waals surface area contributed by atoms with Crippen LogP contribution in [0.4, 0.5) is 8.78 Å². The van der Waals surface area contributed by atoms with E-state index in [0.717, 1.165) is 22.9 Å². The van der Waals surface area contributed by atoms with Crippen LogP contribution in [0.5, 0.6) is 0 Å². The van der Waals surface area contributed by atoms with E-state index in [9.17, 15) is 18.4 Å². The number of hydrazine groups is 1. The van der Waals surface area contributed by atoms with E-state index in [2.05, 4.69) is 10.2 Å². The van der Waals surface area contributed by atoms with E-state index in [-0.39, 0.29) is 5.56 Å². The summed E-state index contributed by atoms with van der Waals surface area (Å²) >= 11 is 1.48. The van der Waals surface area contributed by atoms with Gasteiger partial charge in [-0.3, -0.25) is 20.4 Å². The van der Waals surface area contributed by atoms with Crippen LogP contribution in [0.1, 0.15) is 21.5 Å². The molecule has 0 bridgehead atoms. The molecular weight excluding hydrogens is 400 g/mol. The Morgan fingerprint density at radius 3 is 2.38 bits per heavy atom. The fourth-order valence-electron chi connectivity index (χ4n) is 2.35. The lowest BCUT2D eigenvalue weighted by atomic mass is 10.1. The van der Waals surface area contributed by atoms with E-state index in [0.29, 0.717) is 5.75 Å². The van der Waals surface area contributed by atoms with Gasteiger partial charge in [-0.1, -0.05) is 54.2 Å². The van der Waals surface area contributed by atoms with Crippen LogP contribution in [-0.4, -0.2) is 26.6 Å². The molecule has 2 N–H and O–H groups in total. The number of halogens is 2. The second kappa shape index (κ2) is 8.82. The van der Waals surface area contributed by atoms with Crippen molar-refractivity contribution in [2.45, 2.75) is 16.8 Å². The molecule has 10 heteroatoms. The fraction of sp³-hybridized carbons (Fsp3) is 0.158. The molecule has 3 aromatic rings. The maximum absolute atomic E-state index is 14.1. The van der Waals surface area contributed by atoms with E-state index in [1.165, 1.54) is 23.9 Å². The minimum Gasteiger partial charge on any atom is -0.312 e. The monoisotopic (exact) mass is 417 g/mol. The Morgan fingerprint density at radius 1 is 1.07 bits per heavy atom. The van der Waals surface area contributed by atoms with Crippen LogP contribution in [0.15, 0.2) is 66.1 Å². The molecule has 3 rings (SSSR count). The van der Waals surface area contributed by atoms with Gasteiger partial charge in [0, 0.05) is 23.9 Å².